The van der Waals surface area contributed by atoms with Gasteiger partial charge in [0.15, 0.2) is 5.11 Å². The van der Waals surface area contributed by atoms with E-state index in [-0.39, 0.29) is 5.82 Å². The third-order valence-electron chi connectivity index (χ3n) is 4.21. The molecule has 2 N–H and O–H groups in total. The summed E-state index contributed by atoms with van der Waals surface area (Å²) in [5.74, 6) is -0.228. The van der Waals surface area contributed by atoms with Crippen LogP contribution >= 0.6 is 12.2 Å². The molecule has 0 saturated heterocycles. The summed E-state index contributed by atoms with van der Waals surface area (Å²) in [7, 11) is 0. The Morgan fingerprint density at radius 3 is 2.16 bits per heavy atom. The minimum atomic E-state index is -0.228. The van der Waals surface area contributed by atoms with Crippen LogP contribution in [0.15, 0.2) is 48.5 Å². The molecule has 0 amide bonds. The van der Waals surface area contributed by atoms with Crippen molar-refractivity contribution in [1.82, 2.24) is 15.5 Å². The lowest BCUT2D eigenvalue weighted by molar-refractivity contribution is 0.295. The molecule has 134 valence electrons. The Balaban J connectivity index is 1.85. The summed E-state index contributed by atoms with van der Waals surface area (Å²) in [6, 6.07) is 14.9. The van der Waals surface area contributed by atoms with Gasteiger partial charge in [0, 0.05) is 19.6 Å². The molecule has 0 aliphatic carbocycles. The van der Waals surface area contributed by atoms with Crippen LogP contribution in [0.3, 0.4) is 0 Å². The Kier molecular flexibility index (Phi) is 7.82. The smallest absolute Gasteiger partial charge is 0.166 e. The number of hydrogen-bond acceptors (Lipinski definition) is 2. The lowest BCUT2D eigenvalue weighted by Crippen LogP contribution is -2.34. The minimum absolute atomic E-state index is 0.228. The highest BCUT2D eigenvalue weighted by molar-refractivity contribution is 7.80. The van der Waals surface area contributed by atoms with E-state index < -0.39 is 0 Å². The van der Waals surface area contributed by atoms with Gasteiger partial charge in [-0.2, -0.15) is 0 Å². The quantitative estimate of drug-likeness (QED) is 0.701. The molecular formula is C20H26FN3S. The molecule has 0 spiro atoms. The van der Waals surface area contributed by atoms with Gasteiger partial charge >= 0.3 is 0 Å². The first-order valence-corrected chi connectivity index (χ1v) is 9.08. The van der Waals surface area contributed by atoms with Gasteiger partial charge in [-0.1, -0.05) is 50.2 Å². The molecule has 0 bridgehead atoms. The summed E-state index contributed by atoms with van der Waals surface area (Å²) < 4.78 is 12.9. The van der Waals surface area contributed by atoms with Crippen molar-refractivity contribution in [3.05, 3.63) is 71.0 Å². The lowest BCUT2D eigenvalue weighted by atomic mass is 10.1. The molecule has 0 aliphatic rings. The Morgan fingerprint density at radius 1 is 0.920 bits per heavy atom. The molecule has 0 unspecified atom stereocenters. The lowest BCUT2D eigenvalue weighted by Gasteiger charge is -2.20. The topological polar surface area (TPSA) is 27.3 Å². The number of hydrogen-bond donors (Lipinski definition) is 2. The fraction of sp³-hybridized carbons (Fsp3) is 0.350. The van der Waals surface area contributed by atoms with Crippen molar-refractivity contribution in [2.24, 2.45) is 0 Å². The maximum absolute atomic E-state index is 12.9. The van der Waals surface area contributed by atoms with Crippen molar-refractivity contribution in [2.75, 3.05) is 13.1 Å². The second kappa shape index (κ2) is 10.1. The monoisotopic (exact) mass is 359 g/mol. The summed E-state index contributed by atoms with van der Waals surface area (Å²) in [4.78, 5) is 2.39. The van der Waals surface area contributed by atoms with Crippen LogP contribution < -0.4 is 10.6 Å². The van der Waals surface area contributed by atoms with Crippen molar-refractivity contribution in [2.45, 2.75) is 33.5 Å². The van der Waals surface area contributed by atoms with Crippen LogP contribution in [-0.2, 0) is 19.6 Å². The number of benzene rings is 2. The van der Waals surface area contributed by atoms with E-state index in [9.17, 15) is 4.39 Å². The van der Waals surface area contributed by atoms with Crippen molar-refractivity contribution >= 4 is 17.3 Å². The van der Waals surface area contributed by atoms with E-state index in [1.54, 1.807) is 12.1 Å². The number of rotatable bonds is 8. The molecule has 3 nitrogen and oxygen atoms in total. The van der Waals surface area contributed by atoms with Gasteiger partial charge in [0.1, 0.15) is 5.82 Å². The average Bonchev–Trinajstić information content (AvgIpc) is 2.64. The van der Waals surface area contributed by atoms with Gasteiger partial charge in [0.05, 0.1) is 0 Å². The molecule has 0 radical (unpaired) electrons. The van der Waals surface area contributed by atoms with Crippen molar-refractivity contribution in [3.8, 4) is 0 Å². The summed E-state index contributed by atoms with van der Waals surface area (Å²) >= 11 is 5.35. The molecule has 25 heavy (non-hydrogen) atoms. The highest BCUT2D eigenvalue weighted by Gasteiger charge is 2.06. The SMILES string of the molecule is CCN(CC)Cc1ccccc1CNC(=S)NCc1ccc(F)cc1. The number of halogens is 1. The fourth-order valence-corrected chi connectivity index (χ4v) is 2.74. The van der Waals surface area contributed by atoms with E-state index in [0.717, 1.165) is 25.2 Å². The standard InChI is InChI=1S/C20H26FN3S/c1-3-24(4-2)15-18-8-6-5-7-17(18)14-23-20(25)22-13-16-9-11-19(21)12-10-16/h5-12H,3-4,13-15H2,1-2H3,(H2,22,23,25). The van der Waals surface area contributed by atoms with E-state index in [0.29, 0.717) is 18.2 Å². The highest BCUT2D eigenvalue weighted by Crippen LogP contribution is 2.11. The third kappa shape index (κ3) is 6.44. The highest BCUT2D eigenvalue weighted by atomic mass is 32.1. The van der Waals surface area contributed by atoms with E-state index in [1.807, 2.05) is 0 Å². The molecular weight excluding hydrogens is 333 g/mol. The fourth-order valence-electron chi connectivity index (χ4n) is 2.59. The number of nitrogens with one attached hydrogen (secondary N) is 2. The second-order valence-electron chi connectivity index (χ2n) is 5.89. The van der Waals surface area contributed by atoms with Gasteiger partial charge in [-0.25, -0.2) is 4.39 Å². The van der Waals surface area contributed by atoms with Crippen LogP contribution in [0.2, 0.25) is 0 Å². The molecule has 2 aromatic rings. The predicted octanol–water partition coefficient (Wildman–Crippen LogP) is 3.83. The Morgan fingerprint density at radius 2 is 1.52 bits per heavy atom. The number of thiocarbonyl (C=S) groups is 1. The van der Waals surface area contributed by atoms with Crippen LogP contribution in [-0.4, -0.2) is 23.1 Å². The average molecular weight is 360 g/mol. The maximum Gasteiger partial charge on any atom is 0.166 e. The van der Waals surface area contributed by atoms with Gasteiger partial charge < -0.3 is 10.6 Å². The zero-order valence-electron chi connectivity index (χ0n) is 14.9. The molecule has 0 heterocycles. The summed E-state index contributed by atoms with van der Waals surface area (Å²) in [6.45, 7) is 8.64. The maximum atomic E-state index is 12.9. The van der Waals surface area contributed by atoms with Crippen LogP contribution in [0, 0.1) is 5.82 Å². The molecule has 0 fully saturated rings. The molecule has 2 rings (SSSR count). The van der Waals surface area contributed by atoms with E-state index >= 15 is 0 Å². The van der Waals surface area contributed by atoms with Gasteiger partial charge in [0.25, 0.3) is 0 Å². The van der Waals surface area contributed by atoms with Crippen molar-refractivity contribution in [3.63, 3.8) is 0 Å². The van der Waals surface area contributed by atoms with E-state index in [2.05, 4.69) is 53.6 Å². The van der Waals surface area contributed by atoms with Crippen molar-refractivity contribution < 1.29 is 4.39 Å². The predicted molar refractivity (Wildman–Crippen MR) is 106 cm³/mol. The Labute approximate surface area is 155 Å². The van der Waals surface area contributed by atoms with Gasteiger partial charge in [-0.05, 0) is 54.1 Å². The largest absolute Gasteiger partial charge is 0.359 e. The Hall–Kier alpha value is -1.98. The second-order valence-corrected chi connectivity index (χ2v) is 6.30. The van der Waals surface area contributed by atoms with Gasteiger partial charge in [-0.3, -0.25) is 4.90 Å². The molecule has 0 atom stereocenters. The van der Waals surface area contributed by atoms with E-state index in [4.69, 9.17) is 12.2 Å². The molecule has 2 aromatic carbocycles. The minimum Gasteiger partial charge on any atom is -0.359 e. The van der Waals surface area contributed by atoms with Crippen LogP contribution in [0.1, 0.15) is 30.5 Å². The summed E-state index contributed by atoms with van der Waals surface area (Å²) in [6.07, 6.45) is 0. The molecule has 0 saturated carbocycles. The zero-order valence-corrected chi connectivity index (χ0v) is 15.7. The first-order valence-electron chi connectivity index (χ1n) is 8.67. The molecule has 0 aromatic heterocycles. The molecule has 5 heteroatoms. The normalized spacial score (nSPS) is 10.7. The summed E-state index contributed by atoms with van der Waals surface area (Å²) in [5.41, 5.74) is 3.56. The van der Waals surface area contributed by atoms with Gasteiger partial charge in [-0.15, -0.1) is 0 Å². The summed E-state index contributed by atoms with van der Waals surface area (Å²) in [5, 5.41) is 7.02. The Bertz CT molecular complexity index is 669. The molecule has 0 aliphatic heterocycles. The van der Waals surface area contributed by atoms with Crippen LogP contribution in [0.4, 0.5) is 4.39 Å². The third-order valence-corrected chi connectivity index (χ3v) is 4.50. The first kappa shape index (κ1) is 19.3. The number of nitrogens with zero attached hydrogens (tertiary/aromatic N) is 1. The first-order chi connectivity index (χ1) is 12.1. The van der Waals surface area contributed by atoms with Gasteiger partial charge in [0.2, 0.25) is 0 Å². The van der Waals surface area contributed by atoms with Crippen LogP contribution in [0.25, 0.3) is 0 Å². The van der Waals surface area contributed by atoms with Crippen LogP contribution in [0.5, 0.6) is 0 Å². The van der Waals surface area contributed by atoms with Crippen molar-refractivity contribution in [1.29, 1.82) is 0 Å². The zero-order chi connectivity index (χ0) is 18.1. The van der Waals surface area contributed by atoms with E-state index in [1.165, 1.54) is 23.3 Å².